The molecule has 0 bridgehead atoms. The van der Waals surface area contributed by atoms with E-state index >= 15 is 0 Å². The molecule has 1 unspecified atom stereocenters. The molecule has 18 heavy (non-hydrogen) atoms. The summed E-state index contributed by atoms with van der Waals surface area (Å²) in [6, 6.07) is 0.104. The highest BCUT2D eigenvalue weighted by Crippen LogP contribution is 2.23. The molecule has 2 amide bonds. The zero-order chi connectivity index (χ0) is 13.0. The van der Waals surface area contributed by atoms with Crippen molar-refractivity contribution in [1.82, 2.24) is 10.2 Å². The summed E-state index contributed by atoms with van der Waals surface area (Å²) in [6.07, 6.45) is 6.12. The van der Waals surface area contributed by atoms with Crippen LogP contribution in [-0.2, 0) is 0 Å². The number of likely N-dealkylation sites (tertiary alicyclic amines) is 1. The number of aliphatic hydroxyl groups is 1. The average molecular weight is 254 g/mol. The van der Waals surface area contributed by atoms with Crippen LogP contribution in [0.1, 0.15) is 45.4 Å². The number of hydrogen-bond acceptors (Lipinski definition) is 2. The van der Waals surface area contributed by atoms with Crippen LogP contribution in [0.2, 0.25) is 0 Å². The number of piperidine rings is 1. The molecule has 1 aliphatic carbocycles. The van der Waals surface area contributed by atoms with E-state index in [-0.39, 0.29) is 12.1 Å². The van der Waals surface area contributed by atoms with Gasteiger partial charge in [0.25, 0.3) is 0 Å². The number of rotatable bonds is 2. The standard InChI is InChI=1S/C14H26N2O2/c1-11-3-2-8-16(10-11)14(18)15-9-12-4-6-13(17)7-5-12/h11-13,17H,2-10H2,1H3,(H,15,18). The molecule has 4 heteroatoms. The second-order valence-electron chi connectivity index (χ2n) is 6.05. The second kappa shape index (κ2) is 6.41. The molecule has 2 rings (SSSR count). The Morgan fingerprint density at radius 1 is 1.28 bits per heavy atom. The van der Waals surface area contributed by atoms with E-state index in [4.69, 9.17) is 0 Å². The van der Waals surface area contributed by atoms with Crippen molar-refractivity contribution in [3.05, 3.63) is 0 Å². The third kappa shape index (κ3) is 3.87. The smallest absolute Gasteiger partial charge is 0.317 e. The summed E-state index contributed by atoms with van der Waals surface area (Å²) in [5.74, 6) is 1.19. The van der Waals surface area contributed by atoms with Crippen molar-refractivity contribution in [2.24, 2.45) is 11.8 Å². The molecular weight excluding hydrogens is 228 g/mol. The number of aliphatic hydroxyl groups excluding tert-OH is 1. The summed E-state index contributed by atoms with van der Waals surface area (Å²) in [5.41, 5.74) is 0. The molecule has 1 saturated heterocycles. The molecule has 4 nitrogen and oxygen atoms in total. The van der Waals surface area contributed by atoms with Gasteiger partial charge in [-0.2, -0.15) is 0 Å². The highest BCUT2D eigenvalue weighted by atomic mass is 16.3. The fourth-order valence-corrected chi connectivity index (χ4v) is 3.07. The topological polar surface area (TPSA) is 52.6 Å². The van der Waals surface area contributed by atoms with Crippen molar-refractivity contribution < 1.29 is 9.90 Å². The molecule has 1 atom stereocenters. The van der Waals surface area contributed by atoms with Crippen molar-refractivity contribution in [2.45, 2.75) is 51.6 Å². The highest BCUT2D eigenvalue weighted by molar-refractivity contribution is 5.74. The zero-order valence-corrected chi connectivity index (χ0v) is 11.4. The van der Waals surface area contributed by atoms with Crippen molar-refractivity contribution in [3.63, 3.8) is 0 Å². The van der Waals surface area contributed by atoms with E-state index in [1.807, 2.05) is 4.90 Å². The minimum atomic E-state index is -0.111. The molecule has 0 radical (unpaired) electrons. The van der Waals surface area contributed by atoms with Gasteiger partial charge in [0.2, 0.25) is 0 Å². The van der Waals surface area contributed by atoms with Gasteiger partial charge in [-0.1, -0.05) is 6.92 Å². The maximum absolute atomic E-state index is 12.0. The molecule has 2 N–H and O–H groups in total. The first-order valence-corrected chi connectivity index (χ1v) is 7.36. The molecule has 2 fully saturated rings. The van der Waals surface area contributed by atoms with Gasteiger partial charge in [-0.15, -0.1) is 0 Å². The fraction of sp³-hybridized carbons (Fsp3) is 0.929. The molecule has 1 saturated carbocycles. The number of amides is 2. The SMILES string of the molecule is CC1CCCN(C(=O)NCC2CCC(O)CC2)C1. The summed E-state index contributed by atoms with van der Waals surface area (Å²) in [6.45, 7) is 4.78. The van der Waals surface area contributed by atoms with E-state index in [2.05, 4.69) is 12.2 Å². The molecular formula is C14H26N2O2. The largest absolute Gasteiger partial charge is 0.393 e. The molecule has 0 aromatic rings. The molecule has 0 aromatic carbocycles. The molecule has 1 aliphatic heterocycles. The van der Waals surface area contributed by atoms with Gasteiger partial charge in [0.1, 0.15) is 0 Å². The van der Waals surface area contributed by atoms with Gasteiger partial charge >= 0.3 is 6.03 Å². The lowest BCUT2D eigenvalue weighted by Gasteiger charge is -2.32. The number of carbonyl (C=O) groups is 1. The first kappa shape index (κ1) is 13.7. The molecule has 2 aliphatic rings. The van der Waals surface area contributed by atoms with E-state index in [1.54, 1.807) is 0 Å². The Labute approximate surface area is 110 Å². The van der Waals surface area contributed by atoms with Crippen LogP contribution >= 0.6 is 0 Å². The summed E-state index contributed by atoms with van der Waals surface area (Å²) < 4.78 is 0. The number of hydrogen-bond donors (Lipinski definition) is 2. The number of urea groups is 1. The van der Waals surface area contributed by atoms with E-state index in [0.717, 1.165) is 51.7 Å². The van der Waals surface area contributed by atoms with Gasteiger partial charge in [0.15, 0.2) is 0 Å². The normalized spacial score (nSPS) is 33.2. The monoisotopic (exact) mass is 254 g/mol. The lowest BCUT2D eigenvalue weighted by molar-refractivity contribution is 0.107. The van der Waals surface area contributed by atoms with Gasteiger partial charge in [-0.25, -0.2) is 4.79 Å². The summed E-state index contributed by atoms with van der Waals surface area (Å²) in [7, 11) is 0. The van der Waals surface area contributed by atoms with Gasteiger partial charge in [0.05, 0.1) is 6.10 Å². The van der Waals surface area contributed by atoms with Crippen LogP contribution in [0.4, 0.5) is 4.79 Å². The maximum Gasteiger partial charge on any atom is 0.317 e. The van der Waals surface area contributed by atoms with Crippen molar-refractivity contribution in [3.8, 4) is 0 Å². The maximum atomic E-state index is 12.0. The molecule has 104 valence electrons. The predicted molar refractivity (Wildman–Crippen MR) is 71.3 cm³/mol. The minimum absolute atomic E-state index is 0.104. The summed E-state index contributed by atoms with van der Waals surface area (Å²) in [4.78, 5) is 14.0. The Balaban J connectivity index is 1.68. The van der Waals surface area contributed by atoms with Crippen LogP contribution in [0.15, 0.2) is 0 Å². The second-order valence-corrected chi connectivity index (χ2v) is 6.05. The molecule has 0 spiro atoms. The third-order valence-electron chi connectivity index (χ3n) is 4.30. The average Bonchev–Trinajstić information content (AvgIpc) is 2.38. The lowest BCUT2D eigenvalue weighted by Crippen LogP contribution is -2.46. The quantitative estimate of drug-likeness (QED) is 0.791. The Morgan fingerprint density at radius 3 is 2.67 bits per heavy atom. The number of nitrogens with one attached hydrogen (secondary N) is 1. The van der Waals surface area contributed by atoms with Gasteiger partial charge in [0, 0.05) is 19.6 Å². The van der Waals surface area contributed by atoms with Crippen LogP contribution in [0.25, 0.3) is 0 Å². The number of nitrogens with zero attached hydrogens (tertiary/aromatic N) is 1. The van der Waals surface area contributed by atoms with Gasteiger partial charge in [-0.05, 0) is 50.4 Å². The highest BCUT2D eigenvalue weighted by Gasteiger charge is 2.23. The Bertz CT molecular complexity index is 275. The Hall–Kier alpha value is -0.770. The van der Waals surface area contributed by atoms with Crippen LogP contribution < -0.4 is 5.32 Å². The van der Waals surface area contributed by atoms with E-state index in [1.165, 1.54) is 6.42 Å². The van der Waals surface area contributed by atoms with E-state index in [0.29, 0.717) is 11.8 Å². The van der Waals surface area contributed by atoms with Crippen LogP contribution in [-0.4, -0.2) is 41.8 Å². The van der Waals surface area contributed by atoms with Gasteiger partial charge in [-0.3, -0.25) is 0 Å². The lowest BCUT2D eigenvalue weighted by atomic mass is 9.87. The zero-order valence-electron chi connectivity index (χ0n) is 11.4. The minimum Gasteiger partial charge on any atom is -0.393 e. The van der Waals surface area contributed by atoms with Crippen LogP contribution in [0.3, 0.4) is 0 Å². The number of carbonyl (C=O) groups excluding carboxylic acids is 1. The summed E-state index contributed by atoms with van der Waals surface area (Å²) in [5, 5.41) is 12.5. The van der Waals surface area contributed by atoms with Crippen molar-refractivity contribution >= 4 is 6.03 Å². The molecule has 1 heterocycles. The van der Waals surface area contributed by atoms with Crippen molar-refractivity contribution in [1.29, 1.82) is 0 Å². The van der Waals surface area contributed by atoms with Gasteiger partial charge < -0.3 is 15.3 Å². The first-order chi connectivity index (χ1) is 8.65. The summed E-state index contributed by atoms with van der Waals surface area (Å²) >= 11 is 0. The van der Waals surface area contributed by atoms with Crippen LogP contribution in [0, 0.1) is 11.8 Å². The third-order valence-corrected chi connectivity index (χ3v) is 4.30. The van der Waals surface area contributed by atoms with E-state index in [9.17, 15) is 9.90 Å². The fourth-order valence-electron chi connectivity index (χ4n) is 3.07. The van der Waals surface area contributed by atoms with Crippen molar-refractivity contribution in [2.75, 3.05) is 19.6 Å². The van der Waals surface area contributed by atoms with Crippen LogP contribution in [0.5, 0.6) is 0 Å². The molecule has 0 aromatic heterocycles. The van der Waals surface area contributed by atoms with E-state index < -0.39 is 0 Å². The first-order valence-electron chi connectivity index (χ1n) is 7.36. The Morgan fingerprint density at radius 2 is 2.00 bits per heavy atom. The predicted octanol–water partition coefficient (Wildman–Crippen LogP) is 1.98. The Kier molecular flexibility index (Phi) is 4.87.